The molecule has 1 fully saturated rings. The van der Waals surface area contributed by atoms with E-state index in [1.807, 2.05) is 6.08 Å². The average molecular weight is 1180 g/mol. The highest BCUT2D eigenvalue weighted by atomic mass is 16.7. The van der Waals surface area contributed by atoms with Crippen molar-refractivity contribution in [2.75, 3.05) is 13.2 Å². The largest absolute Gasteiger partial charge is 0.394 e. The van der Waals surface area contributed by atoms with Gasteiger partial charge in [-0.25, -0.2) is 0 Å². The Balaban J connectivity index is 2.06. The molecular formula is C74H145NO8. The van der Waals surface area contributed by atoms with Crippen molar-refractivity contribution in [1.29, 1.82) is 0 Å². The minimum atomic E-state index is -1.56. The van der Waals surface area contributed by atoms with Crippen molar-refractivity contribution in [2.45, 2.75) is 442 Å². The van der Waals surface area contributed by atoms with E-state index in [1.54, 1.807) is 6.08 Å². The fourth-order valence-electron chi connectivity index (χ4n) is 12.5. The number of ether oxygens (including phenoxy) is 2. The summed E-state index contributed by atoms with van der Waals surface area (Å²) in [6.07, 6.45) is 76.3. The zero-order valence-corrected chi connectivity index (χ0v) is 55.5. The van der Waals surface area contributed by atoms with Crippen molar-refractivity contribution in [3.05, 3.63) is 12.2 Å². The molecule has 0 aromatic rings. The molecule has 1 aliphatic heterocycles. The van der Waals surface area contributed by atoms with E-state index in [4.69, 9.17) is 9.47 Å². The maximum Gasteiger partial charge on any atom is 0.220 e. The number of hydrogen-bond acceptors (Lipinski definition) is 8. The molecule has 83 heavy (non-hydrogen) atoms. The van der Waals surface area contributed by atoms with Crippen LogP contribution in [-0.2, 0) is 14.3 Å². The van der Waals surface area contributed by atoms with Gasteiger partial charge in [-0.2, -0.15) is 0 Å². The van der Waals surface area contributed by atoms with Gasteiger partial charge in [-0.15, -0.1) is 0 Å². The van der Waals surface area contributed by atoms with Gasteiger partial charge in [0, 0.05) is 6.42 Å². The third kappa shape index (κ3) is 52.6. The number of nitrogens with one attached hydrogen (secondary N) is 1. The van der Waals surface area contributed by atoms with Gasteiger partial charge in [0.1, 0.15) is 24.4 Å². The van der Waals surface area contributed by atoms with Gasteiger partial charge in [0.2, 0.25) is 5.91 Å². The van der Waals surface area contributed by atoms with E-state index in [1.165, 1.54) is 340 Å². The van der Waals surface area contributed by atoms with Crippen LogP contribution >= 0.6 is 0 Å². The van der Waals surface area contributed by atoms with E-state index in [9.17, 15) is 30.3 Å². The Bertz CT molecular complexity index is 1320. The molecule has 0 aromatic carbocycles. The lowest BCUT2D eigenvalue weighted by Gasteiger charge is -2.40. The van der Waals surface area contributed by atoms with Crippen LogP contribution in [0.25, 0.3) is 0 Å². The molecule has 1 amide bonds. The van der Waals surface area contributed by atoms with Gasteiger partial charge in [0.05, 0.1) is 25.4 Å². The average Bonchev–Trinajstić information content (AvgIpc) is 3.50. The second-order valence-corrected chi connectivity index (χ2v) is 26.5. The third-order valence-electron chi connectivity index (χ3n) is 18.4. The minimum absolute atomic E-state index is 0.166. The predicted octanol–water partition coefficient (Wildman–Crippen LogP) is 20.7. The van der Waals surface area contributed by atoms with Gasteiger partial charge in [-0.1, -0.05) is 386 Å². The van der Waals surface area contributed by atoms with Gasteiger partial charge < -0.3 is 40.3 Å². The Labute approximate surface area is 516 Å². The maximum absolute atomic E-state index is 13.1. The number of carbonyl (C=O) groups is 1. The first kappa shape index (κ1) is 79.9. The maximum atomic E-state index is 13.1. The van der Waals surface area contributed by atoms with Crippen molar-refractivity contribution in [1.82, 2.24) is 5.32 Å². The standard InChI is InChI=1S/C74H145NO8/c1-3-5-7-9-11-13-15-17-19-21-23-25-27-29-30-31-32-33-34-35-36-37-38-39-40-42-44-46-48-50-52-54-56-58-60-62-64-70(78)75-67(66-82-74-73(81)72(80)71(79)69(65-76)83-74)68(77)63-61-59-57-55-53-51-49-47-45-43-41-28-26-24-22-20-18-16-14-12-10-8-6-4-2/h61,63,67-69,71-74,76-77,79-81H,3-60,62,64-66H2,1-2H3,(H,75,78)/b63-61+. The number of hydrogen-bond donors (Lipinski definition) is 6. The summed E-state index contributed by atoms with van der Waals surface area (Å²) in [6.45, 7) is 3.85. The molecule has 0 aliphatic carbocycles. The molecule has 0 bridgehead atoms. The number of rotatable bonds is 67. The van der Waals surface area contributed by atoms with E-state index >= 15 is 0 Å². The first-order chi connectivity index (χ1) is 40.8. The second kappa shape index (κ2) is 63.9. The van der Waals surface area contributed by atoms with Gasteiger partial charge in [0.15, 0.2) is 6.29 Å². The lowest BCUT2D eigenvalue weighted by Crippen LogP contribution is -2.60. The number of aliphatic hydroxyl groups is 5. The summed E-state index contributed by atoms with van der Waals surface area (Å²) in [5.41, 5.74) is 0. The van der Waals surface area contributed by atoms with E-state index in [0.29, 0.717) is 6.42 Å². The summed E-state index contributed by atoms with van der Waals surface area (Å²) in [4.78, 5) is 13.1. The predicted molar refractivity (Wildman–Crippen MR) is 355 cm³/mol. The van der Waals surface area contributed by atoms with Gasteiger partial charge in [0.25, 0.3) is 0 Å². The van der Waals surface area contributed by atoms with Crippen LogP contribution in [0.1, 0.15) is 399 Å². The molecule has 6 N–H and O–H groups in total. The number of carbonyl (C=O) groups excluding carboxylic acids is 1. The molecule has 1 aliphatic rings. The highest BCUT2D eigenvalue weighted by molar-refractivity contribution is 5.76. The van der Waals surface area contributed by atoms with Crippen molar-refractivity contribution < 1.29 is 39.8 Å². The number of allylic oxidation sites excluding steroid dienone is 1. The number of aliphatic hydroxyl groups excluding tert-OH is 5. The zero-order valence-electron chi connectivity index (χ0n) is 55.5. The van der Waals surface area contributed by atoms with Crippen molar-refractivity contribution >= 4 is 5.91 Å². The van der Waals surface area contributed by atoms with Crippen LogP contribution in [0.15, 0.2) is 12.2 Å². The molecule has 1 heterocycles. The summed E-state index contributed by atoms with van der Waals surface area (Å²) in [5.74, 6) is -0.166. The Morgan fingerprint density at radius 1 is 0.398 bits per heavy atom. The molecule has 0 aromatic heterocycles. The van der Waals surface area contributed by atoms with E-state index < -0.39 is 49.5 Å². The first-order valence-electron chi connectivity index (χ1n) is 37.4. The highest BCUT2D eigenvalue weighted by Crippen LogP contribution is 2.24. The Kier molecular flexibility index (Phi) is 61.6. The topological polar surface area (TPSA) is 149 Å². The summed E-state index contributed by atoms with van der Waals surface area (Å²) >= 11 is 0. The lowest BCUT2D eigenvalue weighted by atomic mass is 9.99. The number of unbranched alkanes of at least 4 members (excludes halogenated alkanes) is 57. The zero-order chi connectivity index (χ0) is 60.0. The third-order valence-corrected chi connectivity index (χ3v) is 18.4. The molecule has 7 unspecified atom stereocenters. The van der Waals surface area contributed by atoms with Gasteiger partial charge >= 0.3 is 0 Å². The van der Waals surface area contributed by atoms with E-state index in [0.717, 1.165) is 38.5 Å². The SMILES string of the molecule is CCCCCCCCCCCCCCCCCCCCCCCC/C=C/C(O)C(COC1OC(CO)C(O)C(O)C1O)NC(=O)CCCCCCCCCCCCCCCCCCCCCCCCCCCCCCCCCCCCCC. The van der Waals surface area contributed by atoms with E-state index in [-0.39, 0.29) is 12.5 Å². The molecule has 0 spiro atoms. The molecule has 7 atom stereocenters. The van der Waals surface area contributed by atoms with Crippen molar-refractivity contribution in [3.8, 4) is 0 Å². The summed E-state index contributed by atoms with van der Waals surface area (Å²) in [6, 6.07) is -0.802. The second-order valence-electron chi connectivity index (χ2n) is 26.5. The molecule has 494 valence electrons. The molecule has 0 saturated carbocycles. The fraction of sp³-hybridized carbons (Fsp3) is 0.959. The first-order valence-corrected chi connectivity index (χ1v) is 37.4. The van der Waals surface area contributed by atoms with Crippen LogP contribution in [0.5, 0.6) is 0 Å². The van der Waals surface area contributed by atoms with Crippen LogP contribution in [0.2, 0.25) is 0 Å². The Hall–Kier alpha value is -1.07. The molecule has 0 radical (unpaired) electrons. The Morgan fingerprint density at radius 2 is 0.663 bits per heavy atom. The van der Waals surface area contributed by atoms with Gasteiger partial charge in [-0.05, 0) is 19.3 Å². The summed E-state index contributed by atoms with van der Waals surface area (Å²) in [5, 5.41) is 54.8. The van der Waals surface area contributed by atoms with Crippen LogP contribution in [-0.4, -0.2) is 87.5 Å². The molecule has 1 rings (SSSR count). The quantitative estimate of drug-likeness (QED) is 0.0261. The molecule has 9 heteroatoms. The van der Waals surface area contributed by atoms with Gasteiger partial charge in [-0.3, -0.25) is 4.79 Å². The molecule has 9 nitrogen and oxygen atoms in total. The normalized spacial score (nSPS) is 18.2. The Morgan fingerprint density at radius 3 is 0.940 bits per heavy atom. The minimum Gasteiger partial charge on any atom is -0.394 e. The molecule has 1 saturated heterocycles. The monoisotopic (exact) mass is 1180 g/mol. The summed E-state index contributed by atoms with van der Waals surface area (Å²) in [7, 11) is 0. The molecular weight excluding hydrogens is 1030 g/mol. The van der Waals surface area contributed by atoms with Crippen LogP contribution < -0.4 is 5.32 Å². The lowest BCUT2D eigenvalue weighted by molar-refractivity contribution is -0.302. The van der Waals surface area contributed by atoms with Crippen LogP contribution in [0.4, 0.5) is 0 Å². The summed E-state index contributed by atoms with van der Waals surface area (Å²) < 4.78 is 11.3. The van der Waals surface area contributed by atoms with Crippen LogP contribution in [0.3, 0.4) is 0 Å². The highest BCUT2D eigenvalue weighted by Gasteiger charge is 2.44. The van der Waals surface area contributed by atoms with Crippen molar-refractivity contribution in [3.63, 3.8) is 0 Å². The van der Waals surface area contributed by atoms with E-state index in [2.05, 4.69) is 19.2 Å². The van der Waals surface area contributed by atoms with Crippen LogP contribution in [0, 0.1) is 0 Å². The fourth-order valence-corrected chi connectivity index (χ4v) is 12.5. The number of amides is 1. The van der Waals surface area contributed by atoms with Crippen molar-refractivity contribution in [2.24, 2.45) is 0 Å². The smallest absolute Gasteiger partial charge is 0.220 e.